The van der Waals surface area contributed by atoms with E-state index in [-0.39, 0.29) is 16.7 Å². The van der Waals surface area contributed by atoms with Crippen LogP contribution < -0.4 is 0 Å². The third-order valence-electron chi connectivity index (χ3n) is 2.42. The minimum atomic E-state index is -3.64. The number of aromatic nitrogens is 3. The molecular weight excluding hydrogens is 288 g/mol. The van der Waals surface area contributed by atoms with Gasteiger partial charge in [0.2, 0.25) is 15.3 Å². The maximum atomic E-state index is 12.2. The van der Waals surface area contributed by atoms with Crippen LogP contribution in [0.2, 0.25) is 5.28 Å². The summed E-state index contributed by atoms with van der Waals surface area (Å²) < 4.78 is 25.6. The summed E-state index contributed by atoms with van der Waals surface area (Å²) >= 11 is 5.53. The molecule has 0 N–H and O–H groups in total. The van der Waals surface area contributed by atoms with Crippen LogP contribution in [-0.2, 0) is 16.6 Å². The predicted octanol–water partition coefficient (Wildman–Crippen LogP) is 1.35. The number of rotatable bonds is 4. The van der Waals surface area contributed by atoms with E-state index < -0.39 is 10.0 Å². The number of hydrogen-bond donors (Lipinski definition) is 0. The first-order chi connectivity index (χ1) is 9.00. The standard InChI is InChI=1S/C11H11ClN4O2S/c1-16(8-9-4-2-3-5-13-9)19(17,18)10-6-14-11(12)15-7-10/h2-7H,8H2,1H3. The quantitative estimate of drug-likeness (QED) is 0.796. The zero-order chi connectivity index (χ0) is 13.9. The van der Waals surface area contributed by atoms with Gasteiger partial charge in [0, 0.05) is 13.2 Å². The lowest BCUT2D eigenvalue weighted by atomic mass is 10.3. The Morgan fingerprint density at radius 2 is 1.89 bits per heavy atom. The highest BCUT2D eigenvalue weighted by molar-refractivity contribution is 7.89. The Bertz CT molecular complexity index is 646. The Kier molecular flexibility index (Phi) is 4.08. The molecule has 0 unspecified atom stereocenters. The number of pyridine rings is 1. The second kappa shape index (κ2) is 5.60. The minimum Gasteiger partial charge on any atom is -0.260 e. The molecule has 0 saturated carbocycles. The summed E-state index contributed by atoms with van der Waals surface area (Å²) in [5, 5.41) is 0.00586. The highest BCUT2D eigenvalue weighted by atomic mass is 35.5. The monoisotopic (exact) mass is 298 g/mol. The van der Waals surface area contributed by atoms with Crippen molar-refractivity contribution in [1.82, 2.24) is 19.3 Å². The van der Waals surface area contributed by atoms with Crippen LogP contribution >= 0.6 is 11.6 Å². The molecule has 100 valence electrons. The lowest BCUT2D eigenvalue weighted by Crippen LogP contribution is -2.27. The molecular formula is C11H11ClN4O2S. The van der Waals surface area contributed by atoms with Crippen LogP contribution in [0, 0.1) is 0 Å². The van der Waals surface area contributed by atoms with Crippen molar-refractivity contribution in [1.29, 1.82) is 0 Å². The van der Waals surface area contributed by atoms with Crippen LogP contribution in [0.1, 0.15) is 5.69 Å². The van der Waals surface area contributed by atoms with Gasteiger partial charge in [0.15, 0.2) is 0 Å². The first-order valence-electron chi connectivity index (χ1n) is 5.34. The lowest BCUT2D eigenvalue weighted by molar-refractivity contribution is 0.461. The molecule has 0 radical (unpaired) electrons. The molecule has 8 heteroatoms. The summed E-state index contributed by atoms with van der Waals surface area (Å²) in [6, 6.07) is 5.32. The van der Waals surface area contributed by atoms with Crippen molar-refractivity contribution in [2.75, 3.05) is 7.05 Å². The largest absolute Gasteiger partial charge is 0.260 e. The van der Waals surface area contributed by atoms with Crippen molar-refractivity contribution in [2.24, 2.45) is 0 Å². The van der Waals surface area contributed by atoms with E-state index in [1.165, 1.54) is 23.7 Å². The fourth-order valence-electron chi connectivity index (χ4n) is 1.42. The van der Waals surface area contributed by atoms with Crippen LogP contribution in [0.3, 0.4) is 0 Å². The SMILES string of the molecule is CN(Cc1ccccn1)S(=O)(=O)c1cnc(Cl)nc1. The fraction of sp³-hybridized carbons (Fsp3) is 0.182. The average molecular weight is 299 g/mol. The first-order valence-corrected chi connectivity index (χ1v) is 7.16. The summed E-state index contributed by atoms with van der Waals surface area (Å²) in [5.74, 6) is 0. The Morgan fingerprint density at radius 3 is 2.47 bits per heavy atom. The van der Waals surface area contributed by atoms with E-state index >= 15 is 0 Å². The van der Waals surface area contributed by atoms with E-state index in [1.54, 1.807) is 24.4 Å². The van der Waals surface area contributed by atoms with Crippen LogP contribution in [0.5, 0.6) is 0 Å². The Balaban J connectivity index is 2.22. The molecule has 0 aliphatic heterocycles. The van der Waals surface area contributed by atoms with Crippen molar-refractivity contribution in [3.05, 3.63) is 47.8 Å². The average Bonchev–Trinajstić information content (AvgIpc) is 2.40. The van der Waals surface area contributed by atoms with Gasteiger partial charge in [0.25, 0.3) is 0 Å². The van der Waals surface area contributed by atoms with Crippen molar-refractivity contribution in [3.63, 3.8) is 0 Å². The molecule has 0 aliphatic rings. The summed E-state index contributed by atoms with van der Waals surface area (Å²) in [5.41, 5.74) is 0.656. The predicted molar refractivity (Wildman–Crippen MR) is 69.9 cm³/mol. The van der Waals surface area contributed by atoms with Crippen molar-refractivity contribution < 1.29 is 8.42 Å². The van der Waals surface area contributed by atoms with Gasteiger partial charge in [0.05, 0.1) is 24.6 Å². The molecule has 0 saturated heterocycles. The summed E-state index contributed by atoms with van der Waals surface area (Å²) in [6.45, 7) is 0.172. The highest BCUT2D eigenvalue weighted by Gasteiger charge is 2.22. The van der Waals surface area contributed by atoms with Gasteiger partial charge >= 0.3 is 0 Å². The molecule has 0 amide bonds. The van der Waals surface area contributed by atoms with Gasteiger partial charge in [0.1, 0.15) is 4.90 Å². The number of nitrogens with zero attached hydrogens (tertiary/aromatic N) is 4. The first kappa shape index (κ1) is 13.9. The van der Waals surface area contributed by atoms with Crippen LogP contribution in [0.25, 0.3) is 0 Å². The van der Waals surface area contributed by atoms with Crippen LogP contribution in [-0.4, -0.2) is 34.7 Å². The molecule has 0 fully saturated rings. The van der Waals surface area contributed by atoms with E-state index in [0.717, 1.165) is 0 Å². The van der Waals surface area contributed by atoms with Gasteiger partial charge in [-0.3, -0.25) is 4.98 Å². The molecule has 2 aromatic rings. The number of halogens is 1. The smallest absolute Gasteiger partial charge is 0.246 e. The van der Waals surface area contributed by atoms with E-state index in [4.69, 9.17) is 11.6 Å². The molecule has 6 nitrogen and oxygen atoms in total. The van der Waals surface area contributed by atoms with Gasteiger partial charge in [-0.15, -0.1) is 0 Å². The second-order valence-corrected chi connectivity index (χ2v) is 6.15. The second-order valence-electron chi connectivity index (χ2n) is 3.77. The van der Waals surface area contributed by atoms with Crippen LogP contribution in [0.4, 0.5) is 0 Å². The molecule has 2 rings (SSSR count). The molecule has 0 spiro atoms. The highest BCUT2D eigenvalue weighted by Crippen LogP contribution is 2.15. The van der Waals surface area contributed by atoms with Gasteiger partial charge in [-0.05, 0) is 23.7 Å². The Morgan fingerprint density at radius 1 is 1.21 bits per heavy atom. The topological polar surface area (TPSA) is 76.1 Å². The number of hydrogen-bond acceptors (Lipinski definition) is 5. The summed E-state index contributed by atoms with van der Waals surface area (Å²) in [7, 11) is -2.17. The van der Waals surface area contributed by atoms with Gasteiger partial charge in [-0.1, -0.05) is 6.07 Å². The van der Waals surface area contributed by atoms with Crippen molar-refractivity contribution in [3.8, 4) is 0 Å². The summed E-state index contributed by atoms with van der Waals surface area (Å²) in [6.07, 6.45) is 3.97. The zero-order valence-electron chi connectivity index (χ0n) is 10.1. The molecule has 0 aliphatic carbocycles. The maximum Gasteiger partial charge on any atom is 0.246 e. The molecule has 2 heterocycles. The lowest BCUT2D eigenvalue weighted by Gasteiger charge is -2.16. The fourth-order valence-corrected chi connectivity index (χ4v) is 2.55. The maximum absolute atomic E-state index is 12.2. The Hall–Kier alpha value is -1.57. The zero-order valence-corrected chi connectivity index (χ0v) is 11.6. The molecule has 0 aromatic carbocycles. The van der Waals surface area contributed by atoms with Gasteiger partial charge < -0.3 is 0 Å². The molecule has 0 atom stereocenters. The third kappa shape index (κ3) is 3.25. The van der Waals surface area contributed by atoms with E-state index in [1.807, 2.05) is 0 Å². The van der Waals surface area contributed by atoms with Gasteiger partial charge in [-0.2, -0.15) is 4.31 Å². The Labute approximate surface area is 116 Å². The van der Waals surface area contributed by atoms with E-state index in [0.29, 0.717) is 5.69 Å². The molecule has 0 bridgehead atoms. The molecule has 19 heavy (non-hydrogen) atoms. The van der Waals surface area contributed by atoms with Gasteiger partial charge in [-0.25, -0.2) is 18.4 Å². The van der Waals surface area contributed by atoms with Crippen molar-refractivity contribution >= 4 is 21.6 Å². The number of sulfonamides is 1. The third-order valence-corrected chi connectivity index (χ3v) is 4.37. The summed E-state index contributed by atoms with van der Waals surface area (Å²) in [4.78, 5) is 11.4. The molecule has 2 aromatic heterocycles. The van der Waals surface area contributed by atoms with Crippen molar-refractivity contribution in [2.45, 2.75) is 11.4 Å². The van der Waals surface area contributed by atoms with E-state index in [2.05, 4.69) is 15.0 Å². The minimum absolute atomic E-state index is 0.00432. The van der Waals surface area contributed by atoms with E-state index in [9.17, 15) is 8.42 Å². The normalized spacial score (nSPS) is 11.7. The van der Waals surface area contributed by atoms with Crippen LogP contribution in [0.15, 0.2) is 41.7 Å².